The van der Waals surface area contributed by atoms with E-state index in [1.165, 1.54) is 27.7 Å². The summed E-state index contributed by atoms with van der Waals surface area (Å²) < 4.78 is 5.60. The summed E-state index contributed by atoms with van der Waals surface area (Å²) in [7, 11) is 0. The van der Waals surface area contributed by atoms with Gasteiger partial charge in [0.1, 0.15) is 5.75 Å². The Kier molecular flexibility index (Phi) is 5.31. The highest BCUT2D eigenvalue weighted by Crippen LogP contribution is 2.33. The number of ether oxygens (including phenoxy) is 1. The molecular weight excluding hydrogens is 372 g/mol. The van der Waals surface area contributed by atoms with Crippen LogP contribution in [-0.2, 0) is 4.79 Å². The fourth-order valence-electron chi connectivity index (χ4n) is 4.05. The minimum atomic E-state index is 0.0393. The predicted octanol–water partition coefficient (Wildman–Crippen LogP) is 5.22. The molecule has 0 aliphatic carbocycles. The van der Waals surface area contributed by atoms with Crippen LogP contribution in [0, 0.1) is 13.8 Å². The van der Waals surface area contributed by atoms with E-state index in [-0.39, 0.29) is 12.5 Å². The molecule has 1 aromatic heterocycles. The van der Waals surface area contributed by atoms with E-state index in [0.29, 0.717) is 16.7 Å². The lowest BCUT2D eigenvalue weighted by atomic mass is 9.91. The van der Waals surface area contributed by atoms with Gasteiger partial charge in [0.25, 0.3) is 5.91 Å². The van der Waals surface area contributed by atoms with Gasteiger partial charge in [-0.2, -0.15) is 0 Å². The molecule has 0 unspecified atom stereocenters. The molecule has 0 bridgehead atoms. The second-order valence-corrected chi connectivity index (χ2v) is 8.05. The highest BCUT2D eigenvalue weighted by molar-refractivity contribution is 6.30. The maximum Gasteiger partial charge on any atom is 0.260 e. The number of piperidine rings is 1. The Hall–Kier alpha value is -2.46. The summed E-state index contributed by atoms with van der Waals surface area (Å²) in [6, 6.07) is 13.6. The largest absolute Gasteiger partial charge is 0.484 e. The lowest BCUT2D eigenvalue weighted by Crippen LogP contribution is -2.40. The number of fused-ring (bicyclic) bond motifs is 1. The van der Waals surface area contributed by atoms with Crippen molar-refractivity contribution in [1.82, 2.24) is 9.88 Å². The van der Waals surface area contributed by atoms with E-state index in [4.69, 9.17) is 16.3 Å². The number of rotatable bonds is 4. The lowest BCUT2D eigenvalue weighted by molar-refractivity contribution is -0.134. The molecule has 1 aliphatic rings. The quantitative estimate of drug-likeness (QED) is 0.656. The summed E-state index contributed by atoms with van der Waals surface area (Å²) in [5.74, 6) is 1.17. The normalized spacial score (nSPS) is 15.2. The number of carbonyl (C=O) groups excluding carboxylic acids is 1. The monoisotopic (exact) mass is 396 g/mol. The number of aryl methyl sites for hydroxylation is 2. The van der Waals surface area contributed by atoms with Crippen LogP contribution in [0.2, 0.25) is 5.02 Å². The van der Waals surface area contributed by atoms with Crippen LogP contribution in [0.4, 0.5) is 0 Å². The van der Waals surface area contributed by atoms with Crippen LogP contribution >= 0.6 is 11.6 Å². The highest BCUT2D eigenvalue weighted by atomic mass is 35.5. The van der Waals surface area contributed by atoms with Gasteiger partial charge in [0.15, 0.2) is 6.61 Å². The molecule has 0 saturated carbocycles. The number of halogens is 1. The number of hydrogen-bond donors (Lipinski definition) is 1. The number of nitrogens with zero attached hydrogens (tertiary/aromatic N) is 1. The molecule has 1 fully saturated rings. The first kappa shape index (κ1) is 18.9. The topological polar surface area (TPSA) is 45.3 Å². The number of aromatic nitrogens is 1. The van der Waals surface area contributed by atoms with Gasteiger partial charge in [-0.1, -0.05) is 23.2 Å². The Bertz CT molecular complexity index is 986. The first-order chi connectivity index (χ1) is 13.5. The smallest absolute Gasteiger partial charge is 0.260 e. The summed E-state index contributed by atoms with van der Waals surface area (Å²) in [5.41, 5.74) is 5.15. The average Bonchev–Trinajstić information content (AvgIpc) is 3.03. The average molecular weight is 397 g/mol. The molecule has 2 heterocycles. The second-order valence-electron chi connectivity index (χ2n) is 7.61. The molecule has 4 nitrogen and oxygen atoms in total. The summed E-state index contributed by atoms with van der Waals surface area (Å²) in [5, 5.41) is 1.97. The fraction of sp³-hybridized carbons (Fsp3) is 0.348. The van der Waals surface area contributed by atoms with Crippen LogP contribution in [0.1, 0.15) is 35.6 Å². The molecule has 4 rings (SSSR count). The van der Waals surface area contributed by atoms with Crippen molar-refractivity contribution in [2.75, 3.05) is 19.7 Å². The number of nitrogens with one attached hydrogen (secondary N) is 1. The van der Waals surface area contributed by atoms with Gasteiger partial charge in [-0.05, 0) is 68.7 Å². The van der Waals surface area contributed by atoms with Gasteiger partial charge in [-0.3, -0.25) is 4.79 Å². The zero-order chi connectivity index (χ0) is 19.7. The molecule has 1 N–H and O–H groups in total. The molecule has 5 heteroatoms. The van der Waals surface area contributed by atoms with Gasteiger partial charge in [0.2, 0.25) is 0 Å². The van der Waals surface area contributed by atoms with Gasteiger partial charge < -0.3 is 14.6 Å². The van der Waals surface area contributed by atoms with E-state index in [1.807, 2.05) is 4.90 Å². The molecule has 146 valence electrons. The third-order valence-electron chi connectivity index (χ3n) is 5.68. The van der Waals surface area contributed by atoms with Crippen LogP contribution in [-0.4, -0.2) is 35.5 Å². The van der Waals surface area contributed by atoms with Gasteiger partial charge in [-0.15, -0.1) is 0 Å². The summed E-state index contributed by atoms with van der Waals surface area (Å²) >= 11 is 5.87. The van der Waals surface area contributed by atoms with E-state index in [0.717, 1.165) is 25.9 Å². The van der Waals surface area contributed by atoms with Gasteiger partial charge >= 0.3 is 0 Å². The Morgan fingerprint density at radius 1 is 1.14 bits per heavy atom. The SMILES string of the molecule is Cc1ccc2[nH]c(C3CCN(C(=O)COc4ccc(Cl)cc4)CC3)c(C)c2c1. The molecule has 0 radical (unpaired) electrons. The van der Waals surface area contributed by atoms with E-state index >= 15 is 0 Å². The van der Waals surface area contributed by atoms with Crippen LogP contribution in [0.15, 0.2) is 42.5 Å². The Labute approximate surface area is 170 Å². The number of likely N-dealkylation sites (tertiary alicyclic amines) is 1. The van der Waals surface area contributed by atoms with Crippen molar-refractivity contribution in [2.24, 2.45) is 0 Å². The maximum absolute atomic E-state index is 12.5. The summed E-state index contributed by atoms with van der Waals surface area (Å²) in [4.78, 5) is 18.0. The molecular formula is C23H25ClN2O2. The second kappa shape index (κ2) is 7.88. The lowest BCUT2D eigenvalue weighted by Gasteiger charge is -2.32. The maximum atomic E-state index is 12.5. The Morgan fingerprint density at radius 3 is 2.57 bits per heavy atom. The number of benzene rings is 2. The molecule has 1 aliphatic heterocycles. The van der Waals surface area contributed by atoms with Crippen molar-refractivity contribution in [3.63, 3.8) is 0 Å². The first-order valence-corrected chi connectivity index (χ1v) is 10.1. The van der Waals surface area contributed by atoms with Crippen molar-refractivity contribution in [3.8, 4) is 5.75 Å². The van der Waals surface area contributed by atoms with Gasteiger partial charge in [0, 0.05) is 40.6 Å². The molecule has 2 aromatic carbocycles. The molecule has 1 amide bonds. The third-order valence-corrected chi connectivity index (χ3v) is 5.94. The van der Waals surface area contributed by atoms with Gasteiger partial charge in [0.05, 0.1) is 0 Å². The number of aromatic amines is 1. The zero-order valence-electron chi connectivity index (χ0n) is 16.3. The molecule has 3 aromatic rings. The van der Waals surface area contributed by atoms with Crippen LogP contribution < -0.4 is 4.74 Å². The van der Waals surface area contributed by atoms with Crippen LogP contribution in [0.5, 0.6) is 5.75 Å². The van der Waals surface area contributed by atoms with Crippen LogP contribution in [0.3, 0.4) is 0 Å². The summed E-state index contributed by atoms with van der Waals surface area (Å²) in [6.07, 6.45) is 1.94. The van der Waals surface area contributed by atoms with Crippen LogP contribution in [0.25, 0.3) is 10.9 Å². The molecule has 1 saturated heterocycles. The van der Waals surface area contributed by atoms with E-state index < -0.39 is 0 Å². The number of H-pyrrole nitrogens is 1. The Morgan fingerprint density at radius 2 is 1.86 bits per heavy atom. The minimum absolute atomic E-state index is 0.0393. The van der Waals surface area contributed by atoms with E-state index in [1.54, 1.807) is 24.3 Å². The van der Waals surface area contributed by atoms with Crippen molar-refractivity contribution >= 4 is 28.4 Å². The Balaban J connectivity index is 1.36. The number of hydrogen-bond acceptors (Lipinski definition) is 2. The minimum Gasteiger partial charge on any atom is -0.484 e. The van der Waals surface area contributed by atoms with Gasteiger partial charge in [-0.25, -0.2) is 0 Å². The van der Waals surface area contributed by atoms with Crippen molar-refractivity contribution in [1.29, 1.82) is 0 Å². The summed E-state index contributed by atoms with van der Waals surface area (Å²) in [6.45, 7) is 5.92. The number of carbonyl (C=O) groups is 1. The first-order valence-electron chi connectivity index (χ1n) is 9.76. The van der Waals surface area contributed by atoms with E-state index in [9.17, 15) is 4.79 Å². The molecule has 0 atom stereocenters. The molecule has 0 spiro atoms. The standard InChI is InChI=1S/C23H25ClN2O2/c1-15-3-8-21-20(13-15)16(2)23(25-21)17-9-11-26(12-10-17)22(27)14-28-19-6-4-18(24)5-7-19/h3-8,13,17,25H,9-12,14H2,1-2H3. The van der Waals surface area contributed by atoms with Crippen molar-refractivity contribution < 1.29 is 9.53 Å². The predicted molar refractivity (Wildman–Crippen MR) is 113 cm³/mol. The van der Waals surface area contributed by atoms with Crippen molar-refractivity contribution in [3.05, 3.63) is 64.3 Å². The third kappa shape index (κ3) is 3.88. The van der Waals surface area contributed by atoms with E-state index in [2.05, 4.69) is 37.0 Å². The van der Waals surface area contributed by atoms with Crippen molar-refractivity contribution in [2.45, 2.75) is 32.6 Å². The number of amides is 1. The zero-order valence-corrected chi connectivity index (χ0v) is 17.1. The molecule has 28 heavy (non-hydrogen) atoms. The highest BCUT2D eigenvalue weighted by Gasteiger charge is 2.26. The fourth-order valence-corrected chi connectivity index (χ4v) is 4.18.